The predicted molar refractivity (Wildman–Crippen MR) is 96.3 cm³/mol. The van der Waals surface area contributed by atoms with Gasteiger partial charge in [-0.2, -0.15) is 0 Å². The number of aromatic nitrogens is 1. The zero-order valence-electron chi connectivity index (χ0n) is 15.0. The second-order valence-electron chi connectivity index (χ2n) is 7.02. The predicted octanol–water partition coefficient (Wildman–Crippen LogP) is 2.21. The minimum Gasteiger partial charge on any atom is -0.394 e. The summed E-state index contributed by atoms with van der Waals surface area (Å²) < 4.78 is 0. The van der Waals surface area contributed by atoms with Crippen LogP contribution < -0.4 is 15.5 Å². The first kappa shape index (κ1) is 18.5. The molecule has 3 N–H and O–H groups in total. The van der Waals surface area contributed by atoms with E-state index in [9.17, 15) is 9.90 Å². The number of nitrogens with zero attached hydrogens (tertiary/aromatic N) is 2. The van der Waals surface area contributed by atoms with Crippen LogP contribution in [0, 0.1) is 6.92 Å². The Labute approximate surface area is 144 Å². The van der Waals surface area contributed by atoms with Crippen LogP contribution in [0.3, 0.4) is 0 Å². The summed E-state index contributed by atoms with van der Waals surface area (Å²) in [6.07, 6.45) is 5.35. The molecular weight excluding hydrogens is 304 g/mol. The normalized spacial score (nSPS) is 18.1. The van der Waals surface area contributed by atoms with Crippen LogP contribution in [0.4, 0.5) is 10.6 Å². The molecule has 0 spiro atoms. The highest BCUT2D eigenvalue weighted by atomic mass is 16.3. The van der Waals surface area contributed by atoms with Gasteiger partial charge in [0.1, 0.15) is 5.82 Å². The molecule has 1 fully saturated rings. The minimum absolute atomic E-state index is 0.0498. The average molecular weight is 334 g/mol. The van der Waals surface area contributed by atoms with Crippen molar-refractivity contribution in [3.8, 4) is 0 Å². The second kappa shape index (κ2) is 8.33. The third-order valence-corrected chi connectivity index (χ3v) is 4.62. The first-order chi connectivity index (χ1) is 11.5. The van der Waals surface area contributed by atoms with Gasteiger partial charge in [-0.15, -0.1) is 0 Å². The number of hydrogen-bond acceptors (Lipinski definition) is 4. The molecule has 0 aromatic carbocycles. The Morgan fingerprint density at radius 1 is 1.42 bits per heavy atom. The topological polar surface area (TPSA) is 77.5 Å². The Hall–Kier alpha value is -1.82. The van der Waals surface area contributed by atoms with Crippen LogP contribution in [0.2, 0.25) is 0 Å². The van der Waals surface area contributed by atoms with Gasteiger partial charge in [-0.05, 0) is 44.7 Å². The fourth-order valence-electron chi connectivity index (χ4n) is 3.13. The van der Waals surface area contributed by atoms with E-state index in [1.807, 2.05) is 33.0 Å². The van der Waals surface area contributed by atoms with E-state index in [0.717, 1.165) is 50.2 Å². The molecule has 24 heavy (non-hydrogen) atoms. The molecule has 1 aliphatic heterocycles. The summed E-state index contributed by atoms with van der Waals surface area (Å²) in [6, 6.07) is 4.10. The van der Waals surface area contributed by atoms with Crippen LogP contribution in [-0.4, -0.2) is 47.4 Å². The number of amides is 2. The summed E-state index contributed by atoms with van der Waals surface area (Å²) in [6.45, 7) is 7.67. The fraction of sp³-hybridized carbons (Fsp3) is 0.667. The highest BCUT2D eigenvalue weighted by Crippen LogP contribution is 2.18. The standard InChI is InChI=1S/C18H30N4O2/c1-4-9-18(3,13-23)21-17(24)20-15-7-10-22(11-8-15)16-6-5-14(2)12-19-16/h5-6,12,15,23H,4,7-11,13H2,1-3H3,(H2,20,21,24). The molecule has 2 amide bonds. The van der Waals surface area contributed by atoms with Crippen molar-refractivity contribution in [2.45, 2.75) is 58.0 Å². The van der Waals surface area contributed by atoms with Gasteiger partial charge in [-0.3, -0.25) is 0 Å². The van der Waals surface area contributed by atoms with E-state index in [0.29, 0.717) is 0 Å². The maximum absolute atomic E-state index is 12.2. The lowest BCUT2D eigenvalue weighted by Gasteiger charge is -2.34. The van der Waals surface area contributed by atoms with E-state index in [-0.39, 0.29) is 18.7 Å². The number of carbonyl (C=O) groups is 1. The van der Waals surface area contributed by atoms with E-state index in [2.05, 4.69) is 26.6 Å². The number of aliphatic hydroxyl groups is 1. The van der Waals surface area contributed by atoms with Crippen molar-refractivity contribution in [1.82, 2.24) is 15.6 Å². The Kier molecular flexibility index (Phi) is 6.43. The van der Waals surface area contributed by atoms with Gasteiger partial charge in [0, 0.05) is 25.3 Å². The summed E-state index contributed by atoms with van der Waals surface area (Å²) in [7, 11) is 0. The molecule has 6 heteroatoms. The molecule has 1 aromatic heterocycles. The molecular formula is C18H30N4O2. The quantitative estimate of drug-likeness (QED) is 0.745. The van der Waals surface area contributed by atoms with Crippen LogP contribution in [-0.2, 0) is 0 Å². The molecule has 6 nitrogen and oxygen atoms in total. The Bertz CT molecular complexity index is 526. The van der Waals surface area contributed by atoms with Gasteiger partial charge in [0.2, 0.25) is 0 Å². The van der Waals surface area contributed by atoms with E-state index in [4.69, 9.17) is 0 Å². The molecule has 1 unspecified atom stereocenters. The SMILES string of the molecule is CCCC(C)(CO)NC(=O)NC1CCN(c2ccc(C)cn2)CC1. The molecule has 2 rings (SSSR count). The van der Waals surface area contributed by atoms with E-state index in [1.165, 1.54) is 0 Å². The number of anilines is 1. The number of hydrogen-bond donors (Lipinski definition) is 3. The number of pyridine rings is 1. The van der Waals surface area contributed by atoms with Crippen molar-refractivity contribution < 1.29 is 9.90 Å². The third kappa shape index (κ3) is 5.09. The van der Waals surface area contributed by atoms with Gasteiger partial charge in [0.05, 0.1) is 12.1 Å². The molecule has 0 aliphatic carbocycles. The van der Waals surface area contributed by atoms with Crippen LogP contribution >= 0.6 is 0 Å². The number of aryl methyl sites for hydroxylation is 1. The monoisotopic (exact) mass is 334 g/mol. The first-order valence-electron chi connectivity index (χ1n) is 8.83. The van der Waals surface area contributed by atoms with E-state index >= 15 is 0 Å². The molecule has 1 saturated heterocycles. The van der Waals surface area contributed by atoms with Crippen molar-refractivity contribution in [3.05, 3.63) is 23.9 Å². The summed E-state index contributed by atoms with van der Waals surface area (Å²) in [4.78, 5) is 18.9. The molecule has 134 valence electrons. The lowest BCUT2D eigenvalue weighted by atomic mass is 9.97. The van der Waals surface area contributed by atoms with Crippen molar-refractivity contribution in [2.24, 2.45) is 0 Å². The lowest BCUT2D eigenvalue weighted by Crippen LogP contribution is -2.55. The first-order valence-corrected chi connectivity index (χ1v) is 8.83. The van der Waals surface area contributed by atoms with Gasteiger partial charge in [-0.25, -0.2) is 9.78 Å². The van der Waals surface area contributed by atoms with Gasteiger partial charge in [0.15, 0.2) is 0 Å². The van der Waals surface area contributed by atoms with E-state index < -0.39 is 5.54 Å². The number of urea groups is 1. The van der Waals surface area contributed by atoms with Crippen molar-refractivity contribution in [2.75, 3.05) is 24.6 Å². The number of nitrogens with one attached hydrogen (secondary N) is 2. The summed E-state index contributed by atoms with van der Waals surface area (Å²) >= 11 is 0. The molecule has 0 saturated carbocycles. The number of carbonyl (C=O) groups excluding carboxylic acids is 1. The van der Waals surface area contributed by atoms with Crippen molar-refractivity contribution in [1.29, 1.82) is 0 Å². The van der Waals surface area contributed by atoms with Crippen LogP contribution in [0.15, 0.2) is 18.3 Å². The lowest BCUT2D eigenvalue weighted by molar-refractivity contribution is 0.161. The number of piperidine rings is 1. The smallest absolute Gasteiger partial charge is 0.315 e. The second-order valence-corrected chi connectivity index (χ2v) is 7.02. The highest BCUT2D eigenvalue weighted by molar-refractivity contribution is 5.75. The maximum atomic E-state index is 12.2. The van der Waals surface area contributed by atoms with Crippen molar-refractivity contribution in [3.63, 3.8) is 0 Å². The molecule has 1 aliphatic rings. The third-order valence-electron chi connectivity index (χ3n) is 4.62. The summed E-state index contributed by atoms with van der Waals surface area (Å²) in [5.41, 5.74) is 0.608. The maximum Gasteiger partial charge on any atom is 0.315 e. The minimum atomic E-state index is -0.550. The van der Waals surface area contributed by atoms with Crippen molar-refractivity contribution >= 4 is 11.8 Å². The van der Waals surface area contributed by atoms with Crippen LogP contribution in [0.5, 0.6) is 0 Å². The van der Waals surface area contributed by atoms with Gasteiger partial charge >= 0.3 is 6.03 Å². The van der Waals surface area contributed by atoms with Gasteiger partial charge in [-0.1, -0.05) is 19.4 Å². The average Bonchev–Trinajstić information content (AvgIpc) is 2.56. The fourth-order valence-corrected chi connectivity index (χ4v) is 3.13. The van der Waals surface area contributed by atoms with Crippen LogP contribution in [0.1, 0.15) is 45.1 Å². The van der Waals surface area contributed by atoms with E-state index in [1.54, 1.807) is 0 Å². The zero-order valence-corrected chi connectivity index (χ0v) is 15.0. The Morgan fingerprint density at radius 3 is 2.67 bits per heavy atom. The Balaban J connectivity index is 1.80. The Morgan fingerprint density at radius 2 is 2.12 bits per heavy atom. The summed E-state index contributed by atoms with van der Waals surface area (Å²) in [5, 5.41) is 15.4. The summed E-state index contributed by atoms with van der Waals surface area (Å²) in [5.74, 6) is 0.999. The molecule has 0 bridgehead atoms. The van der Waals surface area contributed by atoms with Gasteiger partial charge in [0.25, 0.3) is 0 Å². The van der Waals surface area contributed by atoms with Gasteiger partial charge < -0.3 is 20.6 Å². The highest BCUT2D eigenvalue weighted by Gasteiger charge is 2.27. The zero-order chi connectivity index (χ0) is 17.6. The molecule has 0 radical (unpaired) electrons. The van der Waals surface area contributed by atoms with Crippen LogP contribution in [0.25, 0.3) is 0 Å². The largest absolute Gasteiger partial charge is 0.394 e. The molecule has 1 atom stereocenters. The molecule has 1 aromatic rings. The molecule has 2 heterocycles. The number of aliphatic hydroxyl groups excluding tert-OH is 1. The number of rotatable bonds is 6.